The van der Waals surface area contributed by atoms with Gasteiger partial charge >= 0.3 is 0 Å². The van der Waals surface area contributed by atoms with E-state index in [-0.39, 0.29) is 12.4 Å². The molecule has 1 atom stereocenters. The maximum absolute atomic E-state index is 13.6. The van der Waals surface area contributed by atoms with Crippen molar-refractivity contribution >= 4 is 5.88 Å². The van der Waals surface area contributed by atoms with E-state index in [4.69, 9.17) is 18.7 Å². The molecule has 0 aliphatic carbocycles. The molecule has 0 bridgehead atoms. The second-order valence-electron chi connectivity index (χ2n) is 9.16. The molecule has 8 nitrogen and oxygen atoms in total. The molecule has 37 heavy (non-hydrogen) atoms. The monoisotopic (exact) mass is 513 g/mol. The van der Waals surface area contributed by atoms with Gasteiger partial charge in [0.2, 0.25) is 5.88 Å². The van der Waals surface area contributed by atoms with Gasteiger partial charge in [-0.1, -0.05) is 35.5 Å². The molecule has 4 rings (SSSR count). The highest BCUT2D eigenvalue weighted by Gasteiger charge is 2.26. The second kappa shape index (κ2) is 14.2. The van der Waals surface area contributed by atoms with Crippen molar-refractivity contribution in [2.75, 3.05) is 64.6 Å². The van der Waals surface area contributed by atoms with Crippen LogP contribution in [-0.2, 0) is 27.4 Å². The van der Waals surface area contributed by atoms with Crippen LogP contribution in [0.1, 0.15) is 17.5 Å². The highest BCUT2D eigenvalue weighted by Crippen LogP contribution is 2.33. The lowest BCUT2D eigenvalue weighted by molar-refractivity contribution is 0.00739. The molecule has 0 unspecified atom stereocenters. The topological polar surface area (TPSA) is 80.4 Å². The summed E-state index contributed by atoms with van der Waals surface area (Å²) < 4.78 is 36.0. The van der Waals surface area contributed by atoms with Gasteiger partial charge in [-0.3, -0.25) is 4.90 Å². The van der Waals surface area contributed by atoms with Crippen molar-refractivity contribution in [3.8, 4) is 11.3 Å². The van der Waals surface area contributed by atoms with Crippen molar-refractivity contribution in [3.05, 3.63) is 71.5 Å². The average molecular weight is 514 g/mol. The number of nitrogens with zero attached hydrogens (tertiary/aromatic N) is 3. The number of aliphatic hydroxyl groups excluding tert-OH is 1. The SMILES string of the molecule is COCCCN(Cc1c(-c2ccc(F)cc2)noc1N1CCOCC1)C[C@H](O)COCc1ccccc1. The van der Waals surface area contributed by atoms with E-state index in [9.17, 15) is 9.50 Å². The van der Waals surface area contributed by atoms with Gasteiger partial charge in [0.15, 0.2) is 0 Å². The Labute approximate surface area is 217 Å². The lowest BCUT2D eigenvalue weighted by atomic mass is 10.1. The van der Waals surface area contributed by atoms with Crippen LogP contribution in [0.25, 0.3) is 11.3 Å². The molecule has 2 heterocycles. The third-order valence-corrected chi connectivity index (χ3v) is 6.28. The van der Waals surface area contributed by atoms with Crippen molar-refractivity contribution in [1.82, 2.24) is 10.1 Å². The average Bonchev–Trinajstić information content (AvgIpc) is 3.33. The second-order valence-corrected chi connectivity index (χ2v) is 9.16. The van der Waals surface area contributed by atoms with E-state index >= 15 is 0 Å². The third kappa shape index (κ3) is 8.08. The molecule has 0 radical (unpaired) electrons. The van der Waals surface area contributed by atoms with Crippen LogP contribution in [0.5, 0.6) is 0 Å². The van der Waals surface area contributed by atoms with Gasteiger partial charge in [0.25, 0.3) is 0 Å². The highest BCUT2D eigenvalue weighted by atomic mass is 19.1. The molecule has 2 aromatic carbocycles. The summed E-state index contributed by atoms with van der Waals surface area (Å²) in [5.74, 6) is 0.385. The normalized spacial score (nSPS) is 14.9. The summed E-state index contributed by atoms with van der Waals surface area (Å²) in [7, 11) is 1.68. The van der Waals surface area contributed by atoms with Crippen molar-refractivity contribution in [2.24, 2.45) is 0 Å². The molecule has 0 amide bonds. The van der Waals surface area contributed by atoms with E-state index in [1.807, 2.05) is 30.3 Å². The Morgan fingerprint density at radius 3 is 2.59 bits per heavy atom. The minimum atomic E-state index is -0.674. The molecule has 1 aliphatic rings. The minimum Gasteiger partial charge on any atom is -0.389 e. The fraction of sp³-hybridized carbons (Fsp3) is 0.464. The quantitative estimate of drug-likeness (QED) is 0.327. The van der Waals surface area contributed by atoms with Crippen LogP contribution in [0, 0.1) is 5.82 Å². The molecule has 0 saturated carbocycles. The number of hydrogen-bond acceptors (Lipinski definition) is 8. The Balaban J connectivity index is 1.50. The molecule has 1 aromatic heterocycles. The molecule has 1 fully saturated rings. The van der Waals surface area contributed by atoms with Crippen LogP contribution in [0.2, 0.25) is 0 Å². The highest BCUT2D eigenvalue weighted by molar-refractivity contribution is 5.68. The molecule has 1 aliphatic heterocycles. The Morgan fingerprint density at radius 1 is 1.11 bits per heavy atom. The fourth-order valence-corrected chi connectivity index (χ4v) is 4.42. The predicted octanol–water partition coefficient (Wildman–Crippen LogP) is 3.73. The van der Waals surface area contributed by atoms with Gasteiger partial charge < -0.3 is 28.7 Å². The summed E-state index contributed by atoms with van der Waals surface area (Å²) in [6.07, 6.45) is 0.130. The van der Waals surface area contributed by atoms with E-state index in [2.05, 4.69) is 15.0 Å². The summed E-state index contributed by atoms with van der Waals surface area (Å²) in [6.45, 7) is 5.53. The first-order valence-electron chi connectivity index (χ1n) is 12.7. The first-order chi connectivity index (χ1) is 18.1. The van der Waals surface area contributed by atoms with Crippen LogP contribution in [0.3, 0.4) is 0 Å². The summed E-state index contributed by atoms with van der Waals surface area (Å²) in [5.41, 5.74) is 3.43. The summed E-state index contributed by atoms with van der Waals surface area (Å²) in [4.78, 5) is 4.30. The van der Waals surface area contributed by atoms with Gasteiger partial charge in [-0.2, -0.15) is 0 Å². The molecule has 1 N–H and O–H groups in total. The number of methoxy groups -OCH3 is 1. The van der Waals surface area contributed by atoms with Crippen molar-refractivity contribution in [2.45, 2.75) is 25.7 Å². The van der Waals surface area contributed by atoms with E-state index in [1.165, 1.54) is 12.1 Å². The molecule has 3 aromatic rings. The molecule has 200 valence electrons. The minimum absolute atomic E-state index is 0.223. The first kappa shape index (κ1) is 27.2. The van der Waals surface area contributed by atoms with Crippen LogP contribution in [-0.4, -0.2) is 81.0 Å². The van der Waals surface area contributed by atoms with Gasteiger partial charge in [-0.25, -0.2) is 4.39 Å². The Hall–Kier alpha value is -2.82. The van der Waals surface area contributed by atoms with Crippen LogP contribution < -0.4 is 4.90 Å². The smallest absolute Gasteiger partial charge is 0.232 e. The fourth-order valence-electron chi connectivity index (χ4n) is 4.42. The van der Waals surface area contributed by atoms with Crippen LogP contribution in [0.15, 0.2) is 59.1 Å². The molecular formula is C28H36FN3O5. The summed E-state index contributed by atoms with van der Waals surface area (Å²) in [5, 5.41) is 15.2. The summed E-state index contributed by atoms with van der Waals surface area (Å²) in [6, 6.07) is 16.2. The number of aliphatic hydroxyl groups is 1. The van der Waals surface area contributed by atoms with Crippen molar-refractivity contribution in [3.63, 3.8) is 0 Å². The predicted molar refractivity (Wildman–Crippen MR) is 139 cm³/mol. The zero-order valence-electron chi connectivity index (χ0n) is 21.4. The number of hydrogen-bond donors (Lipinski definition) is 1. The Morgan fingerprint density at radius 2 is 1.86 bits per heavy atom. The van der Waals surface area contributed by atoms with E-state index in [0.717, 1.165) is 23.1 Å². The van der Waals surface area contributed by atoms with E-state index < -0.39 is 6.10 Å². The van der Waals surface area contributed by atoms with Gasteiger partial charge in [0.1, 0.15) is 11.5 Å². The molecular weight excluding hydrogens is 477 g/mol. The van der Waals surface area contributed by atoms with E-state index in [1.54, 1.807) is 19.2 Å². The molecule has 9 heteroatoms. The third-order valence-electron chi connectivity index (χ3n) is 6.28. The largest absolute Gasteiger partial charge is 0.389 e. The lowest BCUT2D eigenvalue weighted by Gasteiger charge is -2.29. The first-order valence-corrected chi connectivity index (χ1v) is 12.7. The number of ether oxygens (including phenoxy) is 3. The zero-order chi connectivity index (χ0) is 25.9. The number of benzene rings is 2. The number of halogens is 1. The van der Waals surface area contributed by atoms with E-state index in [0.29, 0.717) is 70.7 Å². The van der Waals surface area contributed by atoms with Gasteiger partial charge in [0, 0.05) is 52.0 Å². The maximum atomic E-state index is 13.6. The zero-order valence-corrected chi connectivity index (χ0v) is 21.4. The maximum Gasteiger partial charge on any atom is 0.232 e. The van der Waals surface area contributed by atoms with Crippen molar-refractivity contribution < 1.29 is 28.2 Å². The van der Waals surface area contributed by atoms with Crippen molar-refractivity contribution in [1.29, 1.82) is 0 Å². The van der Waals surface area contributed by atoms with Crippen LogP contribution in [0.4, 0.5) is 10.3 Å². The van der Waals surface area contributed by atoms with Gasteiger partial charge in [-0.05, 0) is 36.2 Å². The molecule has 1 saturated heterocycles. The standard InChI is InChI=1S/C28H36FN3O5/c1-34-15-5-12-31(18-25(33)21-36-20-22-6-3-2-4-7-22)19-26-27(23-8-10-24(29)11-9-23)30-37-28(26)32-13-16-35-17-14-32/h2-4,6-11,25,33H,5,12-21H2,1H3/t25-/m0/s1. The summed E-state index contributed by atoms with van der Waals surface area (Å²) >= 11 is 0. The lowest BCUT2D eigenvalue weighted by Crippen LogP contribution is -2.38. The number of rotatable bonds is 14. The Kier molecular flexibility index (Phi) is 10.5. The van der Waals surface area contributed by atoms with Gasteiger partial charge in [0.05, 0.1) is 38.1 Å². The number of anilines is 1. The Bertz CT molecular complexity index is 1060. The van der Waals surface area contributed by atoms with Gasteiger partial charge in [-0.15, -0.1) is 0 Å². The molecule has 0 spiro atoms. The number of morpholine rings is 1. The number of aromatic nitrogens is 1. The van der Waals surface area contributed by atoms with Crippen LogP contribution >= 0.6 is 0 Å².